The van der Waals surface area contributed by atoms with E-state index in [1.54, 1.807) is 12.1 Å². The zero-order chi connectivity index (χ0) is 12.2. The van der Waals surface area contributed by atoms with Gasteiger partial charge in [0.25, 0.3) is 0 Å². The first-order valence-electron chi connectivity index (χ1n) is 5.51. The van der Waals surface area contributed by atoms with E-state index in [9.17, 15) is 4.39 Å². The third-order valence-electron chi connectivity index (χ3n) is 2.84. The van der Waals surface area contributed by atoms with Crippen LogP contribution in [0.2, 0.25) is 5.02 Å². The highest BCUT2D eigenvalue weighted by molar-refractivity contribution is 9.09. The van der Waals surface area contributed by atoms with Crippen LogP contribution < -0.4 is 0 Å². The van der Waals surface area contributed by atoms with E-state index < -0.39 is 0 Å². The molecule has 0 aliphatic rings. The Hall–Kier alpha value is -0.0800. The molecule has 0 aliphatic carbocycles. The van der Waals surface area contributed by atoms with Gasteiger partial charge in [0.2, 0.25) is 0 Å². The molecule has 1 unspecified atom stereocenters. The van der Waals surface area contributed by atoms with Crippen molar-refractivity contribution in [3.05, 3.63) is 34.6 Å². The van der Waals surface area contributed by atoms with Crippen molar-refractivity contribution in [1.29, 1.82) is 0 Å². The number of halogens is 3. The van der Waals surface area contributed by atoms with Gasteiger partial charge in [-0.3, -0.25) is 0 Å². The number of alkyl halides is 1. The van der Waals surface area contributed by atoms with Gasteiger partial charge < -0.3 is 0 Å². The molecule has 0 aliphatic heterocycles. The SMILES string of the molecule is CCCC(C)(CBr)Cc1c(F)cccc1Cl. The monoisotopic (exact) mass is 306 g/mol. The highest BCUT2D eigenvalue weighted by atomic mass is 79.9. The Balaban J connectivity index is 2.94. The second-order valence-electron chi connectivity index (χ2n) is 4.57. The summed E-state index contributed by atoms with van der Waals surface area (Å²) in [6.45, 7) is 4.30. The Morgan fingerprint density at radius 3 is 2.62 bits per heavy atom. The Bertz CT molecular complexity index is 334. The largest absolute Gasteiger partial charge is 0.207 e. The third kappa shape index (κ3) is 3.46. The van der Waals surface area contributed by atoms with E-state index in [0.717, 1.165) is 18.2 Å². The molecule has 0 spiro atoms. The van der Waals surface area contributed by atoms with Crippen LogP contribution in [0.25, 0.3) is 0 Å². The Morgan fingerprint density at radius 1 is 1.44 bits per heavy atom. The molecule has 0 saturated carbocycles. The zero-order valence-electron chi connectivity index (χ0n) is 9.69. The van der Waals surface area contributed by atoms with Crippen molar-refractivity contribution in [2.24, 2.45) is 5.41 Å². The van der Waals surface area contributed by atoms with Crippen LogP contribution >= 0.6 is 27.5 Å². The molecule has 0 aromatic heterocycles. The van der Waals surface area contributed by atoms with Gasteiger partial charge in [-0.2, -0.15) is 0 Å². The maximum absolute atomic E-state index is 13.7. The maximum Gasteiger partial charge on any atom is 0.127 e. The first kappa shape index (κ1) is 14.0. The number of rotatable bonds is 5. The van der Waals surface area contributed by atoms with Gasteiger partial charge in [-0.15, -0.1) is 0 Å². The lowest BCUT2D eigenvalue weighted by Crippen LogP contribution is -2.22. The summed E-state index contributed by atoms with van der Waals surface area (Å²) >= 11 is 9.55. The summed E-state index contributed by atoms with van der Waals surface area (Å²) in [6, 6.07) is 4.87. The highest BCUT2D eigenvalue weighted by Gasteiger charge is 2.25. The molecule has 3 heteroatoms. The lowest BCUT2D eigenvalue weighted by Gasteiger charge is -2.27. The quantitative estimate of drug-likeness (QED) is 0.654. The molecule has 1 rings (SSSR count). The number of hydrogen-bond acceptors (Lipinski definition) is 0. The van der Waals surface area contributed by atoms with Crippen molar-refractivity contribution in [2.45, 2.75) is 33.1 Å². The predicted octanol–water partition coefficient (Wildman–Crippen LogP) is 5.22. The topological polar surface area (TPSA) is 0 Å². The molecule has 0 amide bonds. The molecule has 0 fully saturated rings. The van der Waals surface area contributed by atoms with Crippen molar-refractivity contribution in [3.63, 3.8) is 0 Å². The van der Waals surface area contributed by atoms with Crippen LogP contribution in [0, 0.1) is 11.2 Å². The van der Waals surface area contributed by atoms with E-state index in [4.69, 9.17) is 11.6 Å². The Kier molecular flexibility index (Phi) is 5.26. The summed E-state index contributed by atoms with van der Waals surface area (Å²) in [6.07, 6.45) is 2.83. The van der Waals surface area contributed by atoms with Crippen LogP contribution in [0.4, 0.5) is 4.39 Å². The molecule has 0 saturated heterocycles. The first-order chi connectivity index (χ1) is 7.52. The van der Waals surface area contributed by atoms with E-state index in [-0.39, 0.29) is 11.2 Å². The Labute approximate surface area is 110 Å². The molecule has 1 aromatic rings. The molecule has 0 heterocycles. The summed E-state index contributed by atoms with van der Waals surface area (Å²) in [5.41, 5.74) is 0.709. The van der Waals surface area contributed by atoms with Crippen LogP contribution in [-0.2, 0) is 6.42 Å². The molecule has 1 aromatic carbocycles. The van der Waals surface area contributed by atoms with Crippen molar-refractivity contribution in [3.8, 4) is 0 Å². The number of benzene rings is 1. The third-order valence-corrected chi connectivity index (χ3v) is 4.55. The Morgan fingerprint density at radius 2 is 2.12 bits per heavy atom. The van der Waals surface area contributed by atoms with Gasteiger partial charge >= 0.3 is 0 Å². The molecular weight excluding hydrogens is 290 g/mol. The van der Waals surface area contributed by atoms with Crippen molar-refractivity contribution < 1.29 is 4.39 Å². The summed E-state index contributed by atoms with van der Waals surface area (Å²) in [5, 5.41) is 1.39. The molecular formula is C13H17BrClF. The first-order valence-corrected chi connectivity index (χ1v) is 7.01. The molecule has 0 bridgehead atoms. The predicted molar refractivity (Wildman–Crippen MR) is 71.9 cm³/mol. The minimum atomic E-state index is -0.198. The van der Waals surface area contributed by atoms with Gasteiger partial charge in [-0.05, 0) is 30.4 Å². The molecule has 90 valence electrons. The lowest BCUT2D eigenvalue weighted by atomic mass is 9.81. The van der Waals surface area contributed by atoms with Crippen LogP contribution in [0.5, 0.6) is 0 Å². The summed E-state index contributed by atoms with van der Waals surface area (Å²) in [7, 11) is 0. The fourth-order valence-corrected chi connectivity index (χ4v) is 2.64. The van der Waals surface area contributed by atoms with Crippen molar-refractivity contribution >= 4 is 27.5 Å². The molecule has 1 atom stereocenters. The van der Waals surface area contributed by atoms with Crippen LogP contribution in [0.15, 0.2) is 18.2 Å². The lowest BCUT2D eigenvalue weighted by molar-refractivity contribution is 0.335. The van der Waals surface area contributed by atoms with E-state index in [1.807, 2.05) is 0 Å². The number of hydrogen-bond donors (Lipinski definition) is 0. The average Bonchev–Trinajstić information content (AvgIpc) is 2.24. The van der Waals surface area contributed by atoms with Gasteiger partial charge in [0, 0.05) is 15.9 Å². The summed E-state index contributed by atoms with van der Waals surface area (Å²) in [4.78, 5) is 0. The van der Waals surface area contributed by atoms with Crippen LogP contribution in [0.1, 0.15) is 32.3 Å². The summed E-state index contributed by atoms with van der Waals surface area (Å²) < 4.78 is 13.7. The van der Waals surface area contributed by atoms with Crippen molar-refractivity contribution in [1.82, 2.24) is 0 Å². The smallest absolute Gasteiger partial charge is 0.127 e. The molecule has 16 heavy (non-hydrogen) atoms. The average molecular weight is 308 g/mol. The second kappa shape index (κ2) is 6.02. The molecule has 0 nitrogen and oxygen atoms in total. The van der Waals surface area contributed by atoms with E-state index >= 15 is 0 Å². The molecule has 0 radical (unpaired) electrons. The fourth-order valence-electron chi connectivity index (χ4n) is 1.93. The van der Waals surface area contributed by atoms with E-state index in [0.29, 0.717) is 17.0 Å². The van der Waals surface area contributed by atoms with Crippen LogP contribution in [-0.4, -0.2) is 5.33 Å². The minimum absolute atomic E-state index is 0.0700. The van der Waals surface area contributed by atoms with Gasteiger partial charge in [-0.25, -0.2) is 4.39 Å². The van der Waals surface area contributed by atoms with Crippen molar-refractivity contribution in [2.75, 3.05) is 5.33 Å². The molecule has 0 N–H and O–H groups in total. The van der Waals surface area contributed by atoms with Gasteiger partial charge in [-0.1, -0.05) is 53.9 Å². The van der Waals surface area contributed by atoms with Gasteiger partial charge in [0.1, 0.15) is 5.82 Å². The normalized spacial score (nSPS) is 14.8. The summed E-state index contributed by atoms with van der Waals surface area (Å²) in [5.74, 6) is -0.198. The minimum Gasteiger partial charge on any atom is -0.207 e. The van der Waals surface area contributed by atoms with E-state index in [1.165, 1.54) is 6.07 Å². The zero-order valence-corrected chi connectivity index (χ0v) is 12.0. The van der Waals surface area contributed by atoms with Crippen LogP contribution in [0.3, 0.4) is 0 Å². The van der Waals surface area contributed by atoms with Gasteiger partial charge in [0.15, 0.2) is 0 Å². The fraction of sp³-hybridized carbons (Fsp3) is 0.538. The second-order valence-corrected chi connectivity index (χ2v) is 5.54. The standard InChI is InChI=1S/C13H17BrClF/c1-3-7-13(2,9-14)8-10-11(15)5-4-6-12(10)16/h4-6H,3,7-9H2,1-2H3. The maximum atomic E-state index is 13.7. The van der Waals surface area contributed by atoms with Gasteiger partial charge in [0.05, 0.1) is 0 Å². The highest BCUT2D eigenvalue weighted by Crippen LogP contribution is 2.33. The van der Waals surface area contributed by atoms with E-state index in [2.05, 4.69) is 29.8 Å².